The van der Waals surface area contributed by atoms with E-state index in [1.54, 1.807) is 0 Å². The van der Waals surface area contributed by atoms with Gasteiger partial charge in [0.15, 0.2) is 12.3 Å². The Bertz CT molecular complexity index is 1920. The lowest BCUT2D eigenvalue weighted by Crippen LogP contribution is -2.46. The van der Waals surface area contributed by atoms with Crippen molar-refractivity contribution >= 4 is 22.8 Å². The summed E-state index contributed by atoms with van der Waals surface area (Å²) in [5.74, 6) is -0.814. The fourth-order valence-electron chi connectivity index (χ4n) is 6.62. The van der Waals surface area contributed by atoms with Crippen LogP contribution < -0.4 is 10.7 Å². The average molecular weight is 728 g/mol. The third-order valence-corrected chi connectivity index (χ3v) is 9.60. The predicted molar refractivity (Wildman–Crippen MR) is 223 cm³/mol. The predicted octanol–water partition coefficient (Wildman–Crippen LogP) is 10.8. The summed E-state index contributed by atoms with van der Waals surface area (Å²) in [5, 5.41) is 0. The third kappa shape index (κ3) is 13.1. The molecule has 0 saturated carbocycles. The number of nitrogens with zero attached hydrogens (tertiary/aromatic N) is 3. The van der Waals surface area contributed by atoms with Crippen LogP contribution in [0.2, 0.25) is 0 Å². The van der Waals surface area contributed by atoms with E-state index in [0.29, 0.717) is 17.5 Å². The zero-order chi connectivity index (χ0) is 37.6. The minimum Gasteiger partial charge on any atom is -0.444 e. The van der Waals surface area contributed by atoms with Crippen molar-refractivity contribution in [2.75, 3.05) is 31.1 Å². The topological polar surface area (TPSA) is 67.9 Å². The SMILES string of the molecule is CCC=CCC=CCCC=CC=CCC=CCCCCCC(=O)OCn1c(=O)oc2c(N3CCN(Cc4cccc(-c5ccccc5)c4)CC3)cccc21. The number of anilines is 1. The number of unbranched alkanes of at least 4 members (excludes halogenated alkanes) is 4. The van der Waals surface area contributed by atoms with E-state index in [9.17, 15) is 9.59 Å². The zero-order valence-electron chi connectivity index (χ0n) is 32.0. The molecule has 0 N–H and O–H groups in total. The molecular weight excluding hydrogens is 671 g/mol. The molecule has 0 spiro atoms. The van der Waals surface area contributed by atoms with Crippen molar-refractivity contribution in [1.29, 1.82) is 0 Å². The molecule has 0 unspecified atom stereocenters. The number of ether oxygens (including phenoxy) is 1. The number of rotatable bonds is 21. The summed E-state index contributed by atoms with van der Waals surface area (Å²) >= 11 is 0. The van der Waals surface area contributed by atoms with Gasteiger partial charge in [-0.25, -0.2) is 9.36 Å². The number of oxazole rings is 1. The number of carbonyl (C=O) groups is 1. The highest BCUT2D eigenvalue weighted by molar-refractivity contribution is 5.87. The molecule has 0 bridgehead atoms. The molecule has 0 radical (unpaired) electrons. The van der Waals surface area contributed by atoms with Gasteiger partial charge < -0.3 is 14.1 Å². The van der Waals surface area contributed by atoms with Crippen molar-refractivity contribution in [3.05, 3.63) is 150 Å². The quantitative estimate of drug-likeness (QED) is 0.0368. The van der Waals surface area contributed by atoms with Crippen LogP contribution in [-0.2, 0) is 22.8 Å². The molecule has 1 aromatic heterocycles. The Balaban J connectivity index is 0.969. The number of hydrogen-bond donors (Lipinski definition) is 0. The molecule has 2 heterocycles. The van der Waals surface area contributed by atoms with Crippen LogP contribution in [0.4, 0.5) is 5.69 Å². The first-order valence-electron chi connectivity index (χ1n) is 19.8. The van der Waals surface area contributed by atoms with Gasteiger partial charge in [0.2, 0.25) is 0 Å². The maximum Gasteiger partial charge on any atom is 0.422 e. The largest absolute Gasteiger partial charge is 0.444 e. The van der Waals surface area contributed by atoms with Crippen molar-refractivity contribution in [3.8, 4) is 11.1 Å². The van der Waals surface area contributed by atoms with Crippen LogP contribution in [0.3, 0.4) is 0 Å². The van der Waals surface area contributed by atoms with Gasteiger partial charge in [-0.1, -0.05) is 129 Å². The number of esters is 1. The lowest BCUT2D eigenvalue weighted by Gasteiger charge is -2.36. The Morgan fingerprint density at radius 2 is 1.44 bits per heavy atom. The third-order valence-electron chi connectivity index (χ3n) is 9.60. The summed E-state index contributed by atoms with van der Waals surface area (Å²) in [7, 11) is 0. The van der Waals surface area contributed by atoms with Gasteiger partial charge in [0, 0.05) is 39.1 Å². The average Bonchev–Trinajstić information content (AvgIpc) is 3.53. The number of carbonyl (C=O) groups excluding carboxylic acids is 1. The molecule has 3 aromatic carbocycles. The first-order valence-corrected chi connectivity index (χ1v) is 19.8. The van der Waals surface area contributed by atoms with Crippen LogP contribution in [0.15, 0.2) is 143 Å². The van der Waals surface area contributed by atoms with Gasteiger partial charge in [-0.3, -0.25) is 9.69 Å². The lowest BCUT2D eigenvalue weighted by atomic mass is 10.0. The molecule has 1 aliphatic rings. The molecule has 7 heteroatoms. The minimum absolute atomic E-state index is 0.149. The lowest BCUT2D eigenvalue weighted by molar-refractivity contribution is -0.147. The second kappa shape index (κ2) is 22.8. The highest BCUT2D eigenvalue weighted by Crippen LogP contribution is 2.28. The van der Waals surface area contributed by atoms with Gasteiger partial charge in [0.05, 0.1) is 11.2 Å². The van der Waals surface area contributed by atoms with E-state index < -0.39 is 5.76 Å². The maximum absolute atomic E-state index is 12.9. The van der Waals surface area contributed by atoms with E-state index in [1.807, 2.05) is 24.3 Å². The van der Waals surface area contributed by atoms with E-state index in [4.69, 9.17) is 9.15 Å². The minimum atomic E-state index is -0.515. The Morgan fingerprint density at radius 3 is 2.28 bits per heavy atom. The smallest absolute Gasteiger partial charge is 0.422 e. The summed E-state index contributed by atoms with van der Waals surface area (Å²) in [6.07, 6.45) is 31.2. The van der Waals surface area contributed by atoms with Crippen LogP contribution in [-0.4, -0.2) is 41.6 Å². The molecule has 54 heavy (non-hydrogen) atoms. The Kier molecular flexibility index (Phi) is 16.9. The van der Waals surface area contributed by atoms with E-state index in [2.05, 4.69) is 126 Å². The van der Waals surface area contributed by atoms with Gasteiger partial charge in [0.25, 0.3) is 0 Å². The molecule has 0 amide bonds. The summed E-state index contributed by atoms with van der Waals surface area (Å²) < 4.78 is 12.7. The van der Waals surface area contributed by atoms with E-state index in [1.165, 1.54) is 21.3 Å². The fraction of sp³-hybridized carbons (Fsp3) is 0.362. The fourth-order valence-corrected chi connectivity index (χ4v) is 6.62. The van der Waals surface area contributed by atoms with Gasteiger partial charge in [-0.15, -0.1) is 0 Å². The van der Waals surface area contributed by atoms with Crippen LogP contribution in [0.1, 0.15) is 76.7 Å². The molecule has 5 rings (SSSR count). The van der Waals surface area contributed by atoms with Crippen LogP contribution in [0, 0.1) is 0 Å². The number of allylic oxidation sites excluding steroid dienone is 10. The Hall–Kier alpha value is -5.14. The van der Waals surface area contributed by atoms with Crippen LogP contribution >= 0.6 is 0 Å². The summed E-state index contributed by atoms with van der Waals surface area (Å²) in [6, 6.07) is 25.0. The van der Waals surface area contributed by atoms with Crippen LogP contribution in [0.5, 0.6) is 0 Å². The summed E-state index contributed by atoms with van der Waals surface area (Å²) in [6.45, 7) is 6.34. The van der Waals surface area contributed by atoms with E-state index in [-0.39, 0.29) is 12.7 Å². The number of benzene rings is 3. The van der Waals surface area contributed by atoms with Gasteiger partial charge in [-0.2, -0.15) is 0 Å². The maximum atomic E-state index is 12.9. The van der Waals surface area contributed by atoms with Gasteiger partial charge >= 0.3 is 11.7 Å². The van der Waals surface area contributed by atoms with Crippen LogP contribution in [0.25, 0.3) is 22.2 Å². The molecule has 284 valence electrons. The molecule has 1 aliphatic heterocycles. The van der Waals surface area contributed by atoms with Crippen molar-refractivity contribution in [1.82, 2.24) is 9.47 Å². The molecular formula is C47H57N3O4. The highest BCUT2D eigenvalue weighted by Gasteiger charge is 2.22. The molecule has 4 aromatic rings. The molecule has 1 saturated heterocycles. The van der Waals surface area contributed by atoms with Gasteiger partial charge in [0.1, 0.15) is 0 Å². The van der Waals surface area contributed by atoms with E-state index >= 15 is 0 Å². The number of fused-ring (bicyclic) bond motifs is 1. The van der Waals surface area contributed by atoms with Crippen molar-refractivity contribution < 1.29 is 13.9 Å². The molecule has 1 fully saturated rings. The molecule has 0 aliphatic carbocycles. The number of hydrogen-bond acceptors (Lipinski definition) is 6. The van der Waals surface area contributed by atoms with Crippen molar-refractivity contribution in [3.63, 3.8) is 0 Å². The first kappa shape index (κ1) is 40.1. The first-order chi connectivity index (χ1) is 26.6. The highest BCUT2D eigenvalue weighted by atomic mass is 16.5. The summed E-state index contributed by atoms with van der Waals surface area (Å²) in [4.78, 5) is 30.1. The number of piperazine rings is 1. The second-order valence-corrected chi connectivity index (χ2v) is 13.7. The van der Waals surface area contributed by atoms with Gasteiger partial charge in [-0.05, 0) is 86.3 Å². The standard InChI is InChI=1S/C47H57N3O4/c1-2-3-4-5-6-7-8-9-10-11-12-13-14-15-16-17-18-19-23-32-45(51)53-39-50-44-31-25-30-43(46(44)54-47(50)52)49-35-33-48(34-36-49)38-40-26-24-29-42(37-40)41-27-21-20-22-28-41/h3-4,6-7,10-13,15-16,20-22,24-31,37H,2,5,8-9,14,17-19,23,32-36,38-39H2,1H3. The Labute approximate surface area is 321 Å². The second-order valence-electron chi connectivity index (χ2n) is 13.7. The number of aromatic nitrogens is 1. The van der Waals surface area contributed by atoms with E-state index in [0.717, 1.165) is 96.2 Å². The monoisotopic (exact) mass is 727 g/mol. The van der Waals surface area contributed by atoms with Crippen molar-refractivity contribution in [2.24, 2.45) is 0 Å². The normalized spacial score (nSPS) is 14.3. The Morgan fingerprint density at radius 1 is 0.722 bits per heavy atom. The van der Waals surface area contributed by atoms with Crippen molar-refractivity contribution in [2.45, 2.75) is 84.4 Å². The molecule has 7 nitrogen and oxygen atoms in total. The summed E-state index contributed by atoms with van der Waals surface area (Å²) in [5.41, 5.74) is 5.83. The number of para-hydroxylation sites is 1. The zero-order valence-corrected chi connectivity index (χ0v) is 32.0. The molecule has 0 atom stereocenters.